The predicted octanol–water partition coefficient (Wildman–Crippen LogP) is 5.50. The maximum Gasteiger partial charge on any atom is 0.262 e. The van der Waals surface area contributed by atoms with E-state index >= 15 is 0 Å². The highest BCUT2D eigenvalue weighted by Crippen LogP contribution is 2.47. The van der Waals surface area contributed by atoms with Crippen molar-refractivity contribution in [3.05, 3.63) is 101 Å². The number of nitrogens with zero attached hydrogens (tertiary/aromatic N) is 4. The average molecular weight is 724 g/mol. The Morgan fingerprint density at radius 3 is 2.33 bits per heavy atom. The van der Waals surface area contributed by atoms with E-state index in [1.165, 1.54) is 7.11 Å². The SMILES string of the molecule is COc1cc(N2C(=O)C(C)(C)c3cc(-c4ccc(N5CCC(COc6ccc7c(c6)C(=O)N(C6CCC(=O)NC6=O)C7=O)C5)cc4)ccc32)ccc1C#N. The Balaban J connectivity index is 0.915. The van der Waals surface area contributed by atoms with Crippen molar-refractivity contribution < 1.29 is 33.4 Å². The van der Waals surface area contributed by atoms with Crippen molar-refractivity contribution in [2.24, 2.45) is 5.92 Å². The van der Waals surface area contributed by atoms with Crippen LogP contribution in [-0.2, 0) is 19.8 Å². The molecule has 0 bridgehead atoms. The molecule has 12 nitrogen and oxygen atoms in total. The highest BCUT2D eigenvalue weighted by Gasteiger charge is 2.46. The number of amides is 5. The molecule has 4 aromatic rings. The second kappa shape index (κ2) is 13.2. The monoisotopic (exact) mass is 723 g/mol. The van der Waals surface area contributed by atoms with Crippen LogP contribution < -0.4 is 24.6 Å². The lowest BCUT2D eigenvalue weighted by molar-refractivity contribution is -0.136. The Labute approximate surface area is 311 Å². The van der Waals surface area contributed by atoms with Gasteiger partial charge in [-0.2, -0.15) is 5.26 Å². The first kappa shape index (κ1) is 34.6. The summed E-state index contributed by atoms with van der Waals surface area (Å²) in [4.78, 5) is 68.9. The van der Waals surface area contributed by atoms with Crippen LogP contribution in [0.5, 0.6) is 11.5 Å². The minimum atomic E-state index is -1.01. The average Bonchev–Trinajstić information content (AvgIpc) is 3.81. The zero-order chi connectivity index (χ0) is 37.9. The van der Waals surface area contributed by atoms with E-state index in [-0.39, 0.29) is 35.8 Å². The molecule has 4 heterocycles. The number of piperidine rings is 1. The maximum absolute atomic E-state index is 13.7. The standard InChI is InChI=1S/C42H37N5O7/c1-42(2)33-18-26(7-13-34(33)46(41(42)52)29-10-6-27(21-43)36(19-29)53-3)25-4-8-28(9-5-25)45-17-16-24(22-45)23-54-30-11-12-31-32(20-30)40(51)47(39(31)50)35-14-15-37(48)44-38(35)49/h4-13,18-20,24,35H,14-17,22-23H2,1-3H3,(H,44,48,49). The van der Waals surface area contributed by atoms with Gasteiger partial charge in [0.1, 0.15) is 23.6 Å². The first-order valence-corrected chi connectivity index (χ1v) is 17.9. The molecule has 54 heavy (non-hydrogen) atoms. The molecule has 4 aliphatic rings. The van der Waals surface area contributed by atoms with Gasteiger partial charge in [-0.15, -0.1) is 0 Å². The summed E-state index contributed by atoms with van der Waals surface area (Å²) >= 11 is 0. The minimum Gasteiger partial charge on any atom is -0.495 e. The van der Waals surface area contributed by atoms with Crippen LogP contribution in [0.3, 0.4) is 0 Å². The number of ether oxygens (including phenoxy) is 2. The first-order chi connectivity index (χ1) is 26.0. The summed E-state index contributed by atoms with van der Waals surface area (Å²) in [5, 5.41) is 11.6. The van der Waals surface area contributed by atoms with Crippen molar-refractivity contribution in [3.8, 4) is 28.7 Å². The smallest absolute Gasteiger partial charge is 0.262 e. The molecule has 5 amide bonds. The van der Waals surface area contributed by atoms with Crippen molar-refractivity contribution in [1.29, 1.82) is 5.26 Å². The number of hydrogen-bond donors (Lipinski definition) is 1. The van der Waals surface area contributed by atoms with Crippen molar-refractivity contribution in [2.45, 2.75) is 44.6 Å². The number of imide groups is 2. The van der Waals surface area contributed by atoms with E-state index < -0.39 is 35.1 Å². The van der Waals surface area contributed by atoms with Crippen molar-refractivity contribution >= 4 is 46.6 Å². The zero-order valence-corrected chi connectivity index (χ0v) is 30.0. The Morgan fingerprint density at radius 2 is 1.59 bits per heavy atom. The number of hydrogen-bond acceptors (Lipinski definition) is 9. The largest absolute Gasteiger partial charge is 0.495 e. The third-order valence-electron chi connectivity index (χ3n) is 11.0. The van der Waals surface area contributed by atoms with E-state index in [0.717, 1.165) is 52.5 Å². The molecule has 0 radical (unpaired) electrons. The summed E-state index contributed by atoms with van der Waals surface area (Å²) in [6.07, 6.45) is 1.09. The molecular weight excluding hydrogens is 686 g/mol. The molecule has 0 aliphatic carbocycles. The molecule has 2 saturated heterocycles. The second-order valence-electron chi connectivity index (χ2n) is 14.6. The predicted molar refractivity (Wildman–Crippen MR) is 199 cm³/mol. The van der Waals surface area contributed by atoms with Gasteiger partial charge in [0.25, 0.3) is 11.8 Å². The molecular formula is C42H37N5O7. The second-order valence-corrected chi connectivity index (χ2v) is 14.6. The molecule has 0 spiro atoms. The van der Waals surface area contributed by atoms with Crippen LogP contribution in [0.2, 0.25) is 0 Å². The lowest BCUT2D eigenvalue weighted by Gasteiger charge is -2.27. The molecule has 4 aromatic carbocycles. The third-order valence-corrected chi connectivity index (χ3v) is 11.0. The Hall–Kier alpha value is -6.48. The summed E-state index contributed by atoms with van der Waals surface area (Å²) in [5.74, 6) is -1.09. The molecule has 0 aromatic heterocycles. The molecule has 0 saturated carbocycles. The number of carbonyl (C=O) groups excluding carboxylic acids is 5. The number of nitriles is 1. The number of methoxy groups -OCH3 is 1. The van der Waals surface area contributed by atoms with Gasteiger partial charge < -0.3 is 14.4 Å². The number of carbonyl (C=O) groups is 5. The molecule has 12 heteroatoms. The molecule has 272 valence electrons. The molecule has 2 fully saturated rings. The topological polar surface area (TPSA) is 149 Å². The van der Waals surface area contributed by atoms with Crippen LogP contribution in [0, 0.1) is 17.2 Å². The Bertz CT molecular complexity index is 2310. The lowest BCUT2D eigenvalue weighted by Crippen LogP contribution is -2.54. The summed E-state index contributed by atoms with van der Waals surface area (Å²) in [5.41, 5.74) is 5.55. The highest BCUT2D eigenvalue weighted by atomic mass is 16.5. The van der Waals surface area contributed by atoms with Crippen LogP contribution >= 0.6 is 0 Å². The van der Waals surface area contributed by atoms with E-state index in [9.17, 15) is 29.2 Å². The van der Waals surface area contributed by atoms with E-state index in [0.29, 0.717) is 29.4 Å². The Morgan fingerprint density at radius 1 is 0.852 bits per heavy atom. The zero-order valence-electron chi connectivity index (χ0n) is 30.0. The van der Waals surface area contributed by atoms with Gasteiger partial charge in [-0.3, -0.25) is 39.1 Å². The van der Waals surface area contributed by atoms with Gasteiger partial charge in [0.2, 0.25) is 17.7 Å². The number of nitrogens with one attached hydrogen (secondary N) is 1. The summed E-state index contributed by atoms with van der Waals surface area (Å²) < 4.78 is 11.5. The maximum atomic E-state index is 13.7. The van der Waals surface area contributed by atoms with Crippen LogP contribution in [0.4, 0.5) is 17.1 Å². The van der Waals surface area contributed by atoms with E-state index in [2.05, 4.69) is 46.6 Å². The Kier molecular flexibility index (Phi) is 8.44. The van der Waals surface area contributed by atoms with E-state index in [1.807, 2.05) is 26.0 Å². The van der Waals surface area contributed by atoms with E-state index in [1.54, 1.807) is 41.3 Å². The van der Waals surface area contributed by atoms with Gasteiger partial charge in [-0.05, 0) is 98.0 Å². The quantitative estimate of drug-likeness (QED) is 0.233. The summed E-state index contributed by atoms with van der Waals surface area (Å²) in [6.45, 7) is 5.94. The molecule has 2 unspecified atom stereocenters. The van der Waals surface area contributed by atoms with Gasteiger partial charge in [0.05, 0.1) is 47.2 Å². The third kappa shape index (κ3) is 5.73. The lowest BCUT2D eigenvalue weighted by atomic mass is 9.84. The van der Waals surface area contributed by atoms with Gasteiger partial charge >= 0.3 is 0 Å². The van der Waals surface area contributed by atoms with Gasteiger partial charge in [0.15, 0.2) is 0 Å². The fourth-order valence-corrected chi connectivity index (χ4v) is 7.90. The minimum absolute atomic E-state index is 0.0551. The fraction of sp³-hybridized carbons (Fsp3) is 0.286. The summed E-state index contributed by atoms with van der Waals surface area (Å²) in [7, 11) is 1.51. The molecule has 4 aliphatic heterocycles. The van der Waals surface area contributed by atoms with Crippen molar-refractivity contribution in [2.75, 3.05) is 36.6 Å². The molecule has 8 rings (SSSR count). The number of anilines is 3. The highest BCUT2D eigenvalue weighted by molar-refractivity contribution is 6.23. The summed E-state index contributed by atoms with van der Waals surface area (Å²) in [6, 6.07) is 25.5. The van der Waals surface area contributed by atoms with Crippen LogP contribution in [0.25, 0.3) is 11.1 Å². The van der Waals surface area contributed by atoms with Gasteiger partial charge in [-0.25, -0.2) is 0 Å². The number of fused-ring (bicyclic) bond motifs is 2. The van der Waals surface area contributed by atoms with Crippen LogP contribution in [0.1, 0.15) is 65.0 Å². The van der Waals surface area contributed by atoms with Crippen molar-refractivity contribution in [1.82, 2.24) is 10.2 Å². The fourth-order valence-electron chi connectivity index (χ4n) is 7.90. The number of rotatable bonds is 8. The molecule has 1 N–H and O–H groups in total. The normalized spacial score (nSPS) is 20.2. The van der Waals surface area contributed by atoms with Gasteiger partial charge in [-0.1, -0.05) is 18.2 Å². The van der Waals surface area contributed by atoms with Gasteiger partial charge in [0, 0.05) is 37.2 Å². The molecule has 2 atom stereocenters. The first-order valence-electron chi connectivity index (χ1n) is 17.9. The van der Waals surface area contributed by atoms with Crippen LogP contribution in [0.15, 0.2) is 78.9 Å². The van der Waals surface area contributed by atoms with Crippen LogP contribution in [-0.4, -0.2) is 67.3 Å². The van der Waals surface area contributed by atoms with E-state index in [4.69, 9.17) is 9.47 Å². The van der Waals surface area contributed by atoms with Crippen molar-refractivity contribution in [3.63, 3.8) is 0 Å². The number of benzene rings is 4.